The minimum atomic E-state index is -1.07. The number of rotatable bonds is 5. The van der Waals surface area contributed by atoms with Gasteiger partial charge in [-0.1, -0.05) is 6.07 Å². The molecule has 0 saturated heterocycles. The van der Waals surface area contributed by atoms with Gasteiger partial charge in [-0.15, -0.1) is 0 Å². The first-order valence-electron chi connectivity index (χ1n) is 8.32. The van der Waals surface area contributed by atoms with Crippen LogP contribution in [0.5, 0.6) is 0 Å². The first-order chi connectivity index (χ1) is 11.1. The van der Waals surface area contributed by atoms with Crippen molar-refractivity contribution in [2.45, 2.75) is 71.1 Å². The number of hydrogen-bond donors (Lipinski definition) is 2. The van der Waals surface area contributed by atoms with E-state index in [0.717, 1.165) is 5.69 Å². The Morgan fingerprint density at radius 1 is 1.25 bits per heavy atom. The number of nitrogens with zero attached hydrogens (tertiary/aromatic N) is 1. The molecule has 2 amide bonds. The van der Waals surface area contributed by atoms with Gasteiger partial charge in [0.05, 0.1) is 12.2 Å². The maximum atomic E-state index is 12.4. The summed E-state index contributed by atoms with van der Waals surface area (Å²) >= 11 is 0. The molecule has 1 heterocycles. The molecule has 24 heavy (non-hydrogen) atoms. The average molecular weight is 333 g/mol. The zero-order valence-corrected chi connectivity index (χ0v) is 15.1. The quantitative estimate of drug-likeness (QED) is 0.868. The Balaban J connectivity index is 1.92. The predicted molar refractivity (Wildman–Crippen MR) is 91.5 cm³/mol. The van der Waals surface area contributed by atoms with Crippen LogP contribution < -0.4 is 10.6 Å². The third-order valence-electron chi connectivity index (χ3n) is 3.74. The van der Waals surface area contributed by atoms with Gasteiger partial charge in [-0.25, -0.2) is 4.79 Å². The van der Waals surface area contributed by atoms with Gasteiger partial charge in [-0.05, 0) is 65.0 Å². The molecule has 0 atom stereocenters. The summed E-state index contributed by atoms with van der Waals surface area (Å²) in [6.45, 7) is 8.98. The lowest BCUT2D eigenvalue weighted by Gasteiger charge is -2.27. The number of amides is 2. The number of carbonyl (C=O) groups excluding carboxylic acids is 2. The zero-order chi connectivity index (χ0) is 18.0. The normalized spacial score (nSPS) is 14.9. The lowest BCUT2D eigenvalue weighted by atomic mass is 10.0. The Bertz CT molecular complexity index is 616. The second-order valence-electron chi connectivity index (χ2n) is 7.75. The van der Waals surface area contributed by atoms with E-state index in [1.54, 1.807) is 40.8 Å². The molecule has 0 spiro atoms. The summed E-state index contributed by atoms with van der Waals surface area (Å²) in [6.07, 6.45) is 3.48. The standard InChI is InChI=1S/C18H27N3O3/c1-17(2,3)24-16(23)21-18(4,5)15(22)20-11-14-13(12-8-9-12)7-6-10-19-14/h6-7,10,12H,8-9,11H2,1-5H3,(H,20,22)(H,21,23). The van der Waals surface area contributed by atoms with Crippen LogP contribution in [0, 0.1) is 0 Å². The summed E-state index contributed by atoms with van der Waals surface area (Å²) in [4.78, 5) is 28.7. The molecule has 0 bridgehead atoms. The van der Waals surface area contributed by atoms with Gasteiger partial charge in [0, 0.05) is 6.20 Å². The van der Waals surface area contributed by atoms with Crippen LogP contribution in [0.2, 0.25) is 0 Å². The van der Waals surface area contributed by atoms with Crippen molar-refractivity contribution in [2.75, 3.05) is 0 Å². The third-order valence-corrected chi connectivity index (χ3v) is 3.74. The summed E-state index contributed by atoms with van der Waals surface area (Å²) < 4.78 is 5.20. The second-order valence-corrected chi connectivity index (χ2v) is 7.75. The molecule has 1 aliphatic rings. The molecule has 1 fully saturated rings. The zero-order valence-electron chi connectivity index (χ0n) is 15.1. The number of carbonyl (C=O) groups is 2. The van der Waals surface area contributed by atoms with E-state index in [0.29, 0.717) is 12.5 Å². The number of pyridine rings is 1. The molecule has 0 aromatic carbocycles. The van der Waals surface area contributed by atoms with Gasteiger partial charge >= 0.3 is 6.09 Å². The first-order valence-corrected chi connectivity index (χ1v) is 8.32. The van der Waals surface area contributed by atoms with Crippen LogP contribution in [0.1, 0.15) is 64.6 Å². The predicted octanol–water partition coefficient (Wildman–Crippen LogP) is 2.88. The molecule has 6 heteroatoms. The van der Waals surface area contributed by atoms with Gasteiger partial charge in [-0.2, -0.15) is 0 Å². The van der Waals surface area contributed by atoms with Crippen LogP contribution in [-0.2, 0) is 16.1 Å². The Hall–Kier alpha value is -2.11. The van der Waals surface area contributed by atoms with Gasteiger partial charge < -0.3 is 15.4 Å². The Morgan fingerprint density at radius 3 is 2.50 bits per heavy atom. The minimum Gasteiger partial charge on any atom is -0.444 e. The van der Waals surface area contributed by atoms with Crippen molar-refractivity contribution in [3.63, 3.8) is 0 Å². The highest BCUT2D eigenvalue weighted by atomic mass is 16.6. The highest BCUT2D eigenvalue weighted by molar-refractivity contribution is 5.89. The summed E-state index contributed by atoms with van der Waals surface area (Å²) in [6, 6.07) is 3.99. The number of alkyl carbamates (subject to hydrolysis) is 1. The highest BCUT2D eigenvalue weighted by Crippen LogP contribution is 2.41. The van der Waals surface area contributed by atoms with Crippen molar-refractivity contribution < 1.29 is 14.3 Å². The van der Waals surface area contributed by atoms with Crippen LogP contribution in [0.4, 0.5) is 4.79 Å². The summed E-state index contributed by atoms with van der Waals surface area (Å²) in [7, 11) is 0. The molecule has 1 aromatic heterocycles. The number of hydrogen-bond acceptors (Lipinski definition) is 4. The lowest BCUT2D eigenvalue weighted by molar-refractivity contribution is -0.126. The van der Waals surface area contributed by atoms with E-state index >= 15 is 0 Å². The smallest absolute Gasteiger partial charge is 0.408 e. The van der Waals surface area contributed by atoms with Crippen LogP contribution in [0.3, 0.4) is 0 Å². The fraction of sp³-hybridized carbons (Fsp3) is 0.611. The maximum absolute atomic E-state index is 12.4. The molecule has 1 aliphatic carbocycles. The SMILES string of the molecule is CC(C)(C)OC(=O)NC(C)(C)C(=O)NCc1ncccc1C1CC1. The molecule has 2 rings (SSSR count). The summed E-state index contributed by atoms with van der Waals surface area (Å²) in [5, 5.41) is 5.46. The average Bonchev–Trinajstić information content (AvgIpc) is 3.26. The van der Waals surface area contributed by atoms with E-state index < -0.39 is 17.2 Å². The van der Waals surface area contributed by atoms with Crippen molar-refractivity contribution in [1.29, 1.82) is 0 Å². The van der Waals surface area contributed by atoms with Crippen molar-refractivity contribution in [1.82, 2.24) is 15.6 Å². The van der Waals surface area contributed by atoms with Crippen molar-refractivity contribution in [2.24, 2.45) is 0 Å². The monoisotopic (exact) mass is 333 g/mol. The molecule has 1 aromatic rings. The molecule has 2 N–H and O–H groups in total. The van der Waals surface area contributed by atoms with Crippen LogP contribution in [0.25, 0.3) is 0 Å². The van der Waals surface area contributed by atoms with E-state index in [1.807, 2.05) is 6.07 Å². The number of aromatic nitrogens is 1. The van der Waals surface area contributed by atoms with Crippen LogP contribution in [-0.4, -0.2) is 28.1 Å². The maximum Gasteiger partial charge on any atom is 0.408 e. The van der Waals surface area contributed by atoms with Crippen LogP contribution >= 0.6 is 0 Å². The molecular weight excluding hydrogens is 306 g/mol. The van der Waals surface area contributed by atoms with Crippen molar-refractivity contribution in [3.05, 3.63) is 29.6 Å². The molecule has 6 nitrogen and oxygen atoms in total. The van der Waals surface area contributed by atoms with E-state index in [-0.39, 0.29) is 5.91 Å². The van der Waals surface area contributed by atoms with E-state index in [9.17, 15) is 9.59 Å². The largest absolute Gasteiger partial charge is 0.444 e. The van der Waals surface area contributed by atoms with Gasteiger partial charge in [0.15, 0.2) is 0 Å². The van der Waals surface area contributed by atoms with Crippen molar-refractivity contribution in [3.8, 4) is 0 Å². The number of nitrogens with one attached hydrogen (secondary N) is 2. The molecule has 1 saturated carbocycles. The van der Waals surface area contributed by atoms with E-state index in [1.165, 1.54) is 18.4 Å². The second kappa shape index (κ2) is 6.79. The Morgan fingerprint density at radius 2 is 1.92 bits per heavy atom. The lowest BCUT2D eigenvalue weighted by Crippen LogP contribution is -2.55. The summed E-state index contributed by atoms with van der Waals surface area (Å²) in [5.74, 6) is 0.291. The fourth-order valence-electron chi connectivity index (χ4n) is 2.36. The third kappa shape index (κ3) is 5.22. The number of ether oxygens (including phenoxy) is 1. The highest BCUT2D eigenvalue weighted by Gasteiger charge is 2.32. The van der Waals surface area contributed by atoms with Gasteiger partial charge in [0.1, 0.15) is 11.1 Å². The Labute approximate surface area is 143 Å². The molecular formula is C18H27N3O3. The molecule has 0 radical (unpaired) electrons. The van der Waals surface area contributed by atoms with Crippen LogP contribution in [0.15, 0.2) is 18.3 Å². The van der Waals surface area contributed by atoms with E-state index in [4.69, 9.17) is 4.74 Å². The van der Waals surface area contributed by atoms with E-state index in [2.05, 4.69) is 21.7 Å². The molecule has 0 aliphatic heterocycles. The molecule has 132 valence electrons. The topological polar surface area (TPSA) is 80.3 Å². The van der Waals surface area contributed by atoms with Gasteiger partial charge in [0.2, 0.25) is 5.91 Å². The Kier molecular flexibility index (Phi) is 5.16. The molecule has 0 unspecified atom stereocenters. The summed E-state index contributed by atoms with van der Waals surface area (Å²) in [5.41, 5.74) is 0.415. The fourth-order valence-corrected chi connectivity index (χ4v) is 2.36. The minimum absolute atomic E-state index is 0.277. The first kappa shape index (κ1) is 18.2. The van der Waals surface area contributed by atoms with Crippen molar-refractivity contribution >= 4 is 12.0 Å². The van der Waals surface area contributed by atoms with Gasteiger partial charge in [-0.3, -0.25) is 9.78 Å². The van der Waals surface area contributed by atoms with Gasteiger partial charge in [0.25, 0.3) is 0 Å².